The monoisotopic (exact) mass is 351 g/mol. The van der Waals surface area contributed by atoms with Gasteiger partial charge in [0.15, 0.2) is 5.65 Å². The summed E-state index contributed by atoms with van der Waals surface area (Å²) < 4.78 is 7.48. The van der Waals surface area contributed by atoms with Gasteiger partial charge in [-0.15, -0.1) is 15.3 Å². The van der Waals surface area contributed by atoms with E-state index in [1.807, 2.05) is 55.6 Å². The molecule has 0 aliphatic carbocycles. The molecule has 0 saturated carbocycles. The quantitative estimate of drug-likeness (QED) is 0.594. The maximum atomic E-state index is 6.05. The highest BCUT2D eigenvalue weighted by molar-refractivity contribution is 6.28. The number of benzene rings is 2. The first-order valence-corrected chi connectivity index (χ1v) is 8.05. The largest absolute Gasteiger partial charge is 0.437 e. The molecular formula is C18H14ClN5O. The lowest BCUT2D eigenvalue weighted by Gasteiger charge is -2.13. The molecule has 6 nitrogen and oxygen atoms in total. The minimum absolute atomic E-state index is 0.188. The number of nitrogens with one attached hydrogen (secondary N) is 1. The van der Waals surface area contributed by atoms with E-state index < -0.39 is 0 Å². The predicted molar refractivity (Wildman–Crippen MR) is 97.3 cm³/mol. The Bertz CT molecular complexity index is 1030. The third-order valence-corrected chi connectivity index (χ3v) is 4.01. The van der Waals surface area contributed by atoms with Crippen molar-refractivity contribution >= 4 is 22.9 Å². The standard InChI is InChI=1S/C18H14ClN5O/c1-20-13-7-8-14(12-5-3-2-4-6-12)15(11-13)25-17-10-9-16-21-22-18(19)24(16)23-17/h2-11,20H,1H3. The van der Waals surface area contributed by atoms with Crippen LogP contribution in [0, 0.1) is 0 Å². The van der Waals surface area contributed by atoms with Gasteiger partial charge in [-0.2, -0.15) is 4.52 Å². The molecule has 0 saturated heterocycles. The Morgan fingerprint density at radius 3 is 2.64 bits per heavy atom. The van der Waals surface area contributed by atoms with Crippen molar-refractivity contribution in [3.8, 4) is 22.8 Å². The van der Waals surface area contributed by atoms with Gasteiger partial charge in [-0.25, -0.2) is 0 Å². The van der Waals surface area contributed by atoms with Crippen molar-refractivity contribution in [3.63, 3.8) is 0 Å². The summed E-state index contributed by atoms with van der Waals surface area (Å²) in [6.07, 6.45) is 0. The molecule has 4 rings (SSSR count). The molecule has 0 fully saturated rings. The van der Waals surface area contributed by atoms with Gasteiger partial charge in [0, 0.05) is 30.4 Å². The minimum atomic E-state index is 0.188. The third kappa shape index (κ3) is 2.99. The first-order chi connectivity index (χ1) is 12.2. The minimum Gasteiger partial charge on any atom is -0.437 e. The van der Waals surface area contributed by atoms with Crippen molar-refractivity contribution in [1.29, 1.82) is 0 Å². The number of nitrogens with zero attached hydrogens (tertiary/aromatic N) is 4. The molecule has 0 unspecified atom stereocenters. The third-order valence-electron chi connectivity index (χ3n) is 3.77. The van der Waals surface area contributed by atoms with Gasteiger partial charge in [-0.05, 0) is 35.4 Å². The number of ether oxygens (including phenoxy) is 1. The maximum Gasteiger partial charge on any atom is 0.246 e. The zero-order chi connectivity index (χ0) is 17.2. The van der Waals surface area contributed by atoms with E-state index in [0.717, 1.165) is 16.8 Å². The van der Waals surface area contributed by atoms with E-state index in [-0.39, 0.29) is 5.28 Å². The summed E-state index contributed by atoms with van der Waals surface area (Å²) in [5, 5.41) is 15.3. The highest BCUT2D eigenvalue weighted by Gasteiger charge is 2.11. The fourth-order valence-corrected chi connectivity index (χ4v) is 2.69. The van der Waals surface area contributed by atoms with E-state index in [1.165, 1.54) is 4.52 Å². The Kier molecular flexibility index (Phi) is 3.95. The van der Waals surface area contributed by atoms with Gasteiger partial charge in [0.2, 0.25) is 11.2 Å². The van der Waals surface area contributed by atoms with Crippen LogP contribution in [0.25, 0.3) is 16.8 Å². The molecular weight excluding hydrogens is 338 g/mol. The number of aromatic nitrogens is 4. The van der Waals surface area contributed by atoms with Crippen molar-refractivity contribution in [2.24, 2.45) is 0 Å². The Hall–Kier alpha value is -3.12. The lowest BCUT2D eigenvalue weighted by atomic mass is 10.0. The summed E-state index contributed by atoms with van der Waals surface area (Å²) in [6.45, 7) is 0. The number of hydrogen-bond acceptors (Lipinski definition) is 5. The van der Waals surface area contributed by atoms with Crippen molar-refractivity contribution < 1.29 is 4.74 Å². The average molecular weight is 352 g/mol. The van der Waals surface area contributed by atoms with Crippen molar-refractivity contribution in [2.45, 2.75) is 0 Å². The Balaban J connectivity index is 1.78. The summed E-state index contributed by atoms with van der Waals surface area (Å²) >= 11 is 5.98. The van der Waals surface area contributed by atoms with Gasteiger partial charge in [-0.1, -0.05) is 30.3 Å². The van der Waals surface area contributed by atoms with Crippen LogP contribution in [0.1, 0.15) is 0 Å². The van der Waals surface area contributed by atoms with E-state index in [1.54, 1.807) is 12.1 Å². The molecule has 4 aromatic rings. The molecule has 2 aromatic heterocycles. The second-order valence-electron chi connectivity index (χ2n) is 5.34. The van der Waals surface area contributed by atoms with E-state index >= 15 is 0 Å². The molecule has 0 radical (unpaired) electrons. The van der Waals surface area contributed by atoms with Crippen molar-refractivity contribution in [2.75, 3.05) is 12.4 Å². The fraction of sp³-hybridized carbons (Fsp3) is 0.0556. The lowest BCUT2D eigenvalue weighted by molar-refractivity contribution is 0.454. The van der Waals surface area contributed by atoms with Crippen LogP contribution in [0.5, 0.6) is 11.6 Å². The zero-order valence-corrected chi connectivity index (χ0v) is 14.1. The second kappa shape index (κ2) is 6.41. The molecule has 0 amide bonds. The predicted octanol–water partition coefficient (Wildman–Crippen LogP) is 4.28. The molecule has 0 spiro atoms. The Morgan fingerprint density at radius 1 is 1.00 bits per heavy atom. The first-order valence-electron chi connectivity index (χ1n) is 7.67. The molecule has 0 aliphatic heterocycles. The van der Waals surface area contributed by atoms with Gasteiger partial charge in [0.05, 0.1) is 0 Å². The van der Waals surface area contributed by atoms with E-state index in [4.69, 9.17) is 16.3 Å². The summed E-state index contributed by atoms with van der Waals surface area (Å²) in [4.78, 5) is 0. The molecule has 0 aliphatic rings. The van der Waals surface area contributed by atoms with Crippen LogP contribution in [-0.2, 0) is 0 Å². The van der Waals surface area contributed by atoms with Gasteiger partial charge < -0.3 is 10.1 Å². The summed E-state index contributed by atoms with van der Waals surface area (Å²) in [5.41, 5.74) is 3.53. The molecule has 1 N–H and O–H groups in total. The molecule has 2 aromatic carbocycles. The van der Waals surface area contributed by atoms with Crippen LogP contribution in [0.3, 0.4) is 0 Å². The SMILES string of the molecule is CNc1ccc(-c2ccccc2)c(Oc2ccc3nnc(Cl)n3n2)c1. The number of hydrogen-bond donors (Lipinski definition) is 1. The maximum absolute atomic E-state index is 6.05. The van der Waals surface area contributed by atoms with Gasteiger partial charge in [-0.3, -0.25) is 0 Å². The lowest BCUT2D eigenvalue weighted by Crippen LogP contribution is -1.97. The highest BCUT2D eigenvalue weighted by atomic mass is 35.5. The Morgan fingerprint density at radius 2 is 1.84 bits per heavy atom. The van der Waals surface area contributed by atoms with Crippen LogP contribution in [0.4, 0.5) is 5.69 Å². The molecule has 0 bridgehead atoms. The summed E-state index contributed by atoms with van der Waals surface area (Å²) in [6, 6.07) is 19.5. The van der Waals surface area contributed by atoms with Crippen LogP contribution >= 0.6 is 11.6 Å². The van der Waals surface area contributed by atoms with Crippen LogP contribution < -0.4 is 10.1 Å². The van der Waals surface area contributed by atoms with Gasteiger partial charge in [0.1, 0.15) is 5.75 Å². The van der Waals surface area contributed by atoms with Gasteiger partial charge >= 0.3 is 0 Å². The smallest absolute Gasteiger partial charge is 0.246 e. The number of anilines is 1. The zero-order valence-electron chi connectivity index (χ0n) is 13.3. The number of rotatable bonds is 4. The highest BCUT2D eigenvalue weighted by Crippen LogP contribution is 2.35. The van der Waals surface area contributed by atoms with E-state index in [9.17, 15) is 0 Å². The van der Waals surface area contributed by atoms with Crippen LogP contribution in [0.15, 0.2) is 60.7 Å². The average Bonchev–Trinajstić information content (AvgIpc) is 3.03. The fourth-order valence-electron chi connectivity index (χ4n) is 2.53. The molecule has 25 heavy (non-hydrogen) atoms. The van der Waals surface area contributed by atoms with Gasteiger partial charge in [0.25, 0.3) is 0 Å². The van der Waals surface area contributed by atoms with Crippen molar-refractivity contribution in [1.82, 2.24) is 19.8 Å². The summed E-state index contributed by atoms with van der Waals surface area (Å²) in [5.74, 6) is 1.09. The van der Waals surface area contributed by atoms with E-state index in [0.29, 0.717) is 17.3 Å². The molecule has 2 heterocycles. The molecule has 7 heteroatoms. The molecule has 124 valence electrons. The number of halogens is 1. The van der Waals surface area contributed by atoms with Crippen molar-refractivity contribution in [3.05, 3.63) is 65.9 Å². The summed E-state index contributed by atoms with van der Waals surface area (Å²) in [7, 11) is 1.86. The molecule has 0 atom stereocenters. The first kappa shape index (κ1) is 15.4. The second-order valence-corrected chi connectivity index (χ2v) is 5.68. The Labute approximate surface area is 149 Å². The van der Waals surface area contributed by atoms with Crippen LogP contribution in [-0.4, -0.2) is 26.9 Å². The van der Waals surface area contributed by atoms with Crippen LogP contribution in [0.2, 0.25) is 5.28 Å². The normalized spacial score (nSPS) is 10.8. The topological polar surface area (TPSA) is 64.3 Å². The number of fused-ring (bicyclic) bond motifs is 1. The van der Waals surface area contributed by atoms with E-state index in [2.05, 4.69) is 20.6 Å².